The average Bonchev–Trinajstić information content (AvgIpc) is 2.34. The Bertz CT molecular complexity index is 333. The molecule has 1 unspecified atom stereocenters. The predicted molar refractivity (Wildman–Crippen MR) is 74.7 cm³/mol. The highest BCUT2D eigenvalue weighted by atomic mass is 32.2. The van der Waals surface area contributed by atoms with E-state index < -0.39 is 12.0 Å². The molecular formula is C12H17NO2S2. The van der Waals surface area contributed by atoms with E-state index in [1.807, 2.05) is 30.0 Å². The third kappa shape index (κ3) is 6.61. The molecule has 0 aliphatic heterocycles. The van der Waals surface area contributed by atoms with E-state index in [1.54, 1.807) is 11.8 Å². The minimum Gasteiger partial charge on any atom is -0.480 e. The van der Waals surface area contributed by atoms with Crippen LogP contribution in [0.2, 0.25) is 0 Å². The molecular weight excluding hydrogens is 254 g/mol. The molecule has 3 N–H and O–H groups in total. The molecule has 0 aliphatic carbocycles. The SMILES string of the molecule is NC(CCSCCSc1ccccc1)C(=O)O. The van der Waals surface area contributed by atoms with Gasteiger partial charge in [-0.3, -0.25) is 4.79 Å². The van der Waals surface area contributed by atoms with Crippen LogP contribution >= 0.6 is 23.5 Å². The number of hydrogen-bond acceptors (Lipinski definition) is 4. The lowest BCUT2D eigenvalue weighted by Gasteiger charge is -2.05. The van der Waals surface area contributed by atoms with Gasteiger partial charge in [0.25, 0.3) is 0 Å². The van der Waals surface area contributed by atoms with Gasteiger partial charge in [0.05, 0.1) is 0 Å². The fourth-order valence-electron chi connectivity index (χ4n) is 1.17. The Kier molecular flexibility index (Phi) is 7.16. The standard InChI is InChI=1S/C12H17NO2S2/c13-11(12(14)15)6-7-16-8-9-17-10-4-2-1-3-5-10/h1-5,11H,6-9,13H2,(H,14,15). The smallest absolute Gasteiger partial charge is 0.320 e. The number of carbonyl (C=O) groups is 1. The molecule has 0 bridgehead atoms. The summed E-state index contributed by atoms with van der Waals surface area (Å²) in [7, 11) is 0. The maximum atomic E-state index is 10.5. The highest BCUT2D eigenvalue weighted by molar-refractivity contribution is 8.02. The topological polar surface area (TPSA) is 63.3 Å². The number of nitrogens with two attached hydrogens (primary N) is 1. The predicted octanol–water partition coefficient (Wildman–Crippen LogP) is 2.31. The number of aliphatic carboxylic acids is 1. The lowest BCUT2D eigenvalue weighted by molar-refractivity contribution is -0.138. The molecule has 0 aromatic heterocycles. The molecule has 0 fully saturated rings. The first kappa shape index (κ1) is 14.4. The van der Waals surface area contributed by atoms with Crippen molar-refractivity contribution in [3.63, 3.8) is 0 Å². The maximum absolute atomic E-state index is 10.5. The van der Waals surface area contributed by atoms with Crippen molar-refractivity contribution in [2.75, 3.05) is 17.3 Å². The Labute approximate surface area is 110 Å². The molecule has 0 heterocycles. The average molecular weight is 271 g/mol. The Hall–Kier alpha value is -0.650. The van der Waals surface area contributed by atoms with E-state index in [9.17, 15) is 4.79 Å². The molecule has 0 saturated heterocycles. The van der Waals surface area contributed by atoms with Gasteiger partial charge in [-0.05, 0) is 24.3 Å². The highest BCUT2D eigenvalue weighted by Gasteiger charge is 2.09. The van der Waals surface area contributed by atoms with Crippen molar-refractivity contribution in [1.82, 2.24) is 0 Å². The summed E-state index contributed by atoms with van der Waals surface area (Å²) in [5.41, 5.74) is 5.40. The summed E-state index contributed by atoms with van der Waals surface area (Å²) in [5.74, 6) is 1.95. The molecule has 94 valence electrons. The molecule has 0 saturated carbocycles. The number of carboxylic acid groups (broad SMARTS) is 1. The van der Waals surface area contributed by atoms with Gasteiger partial charge >= 0.3 is 5.97 Å². The molecule has 0 aliphatic rings. The van der Waals surface area contributed by atoms with Crippen LogP contribution in [0.25, 0.3) is 0 Å². The Balaban J connectivity index is 2.00. The van der Waals surface area contributed by atoms with Crippen molar-refractivity contribution in [1.29, 1.82) is 0 Å². The summed E-state index contributed by atoms with van der Waals surface area (Å²) in [4.78, 5) is 11.7. The van der Waals surface area contributed by atoms with E-state index in [2.05, 4.69) is 12.1 Å². The van der Waals surface area contributed by atoms with Crippen molar-refractivity contribution in [3.8, 4) is 0 Å². The summed E-state index contributed by atoms with van der Waals surface area (Å²) in [5, 5.41) is 8.59. The third-order valence-corrected chi connectivity index (χ3v) is 4.42. The molecule has 1 atom stereocenters. The third-order valence-electron chi connectivity index (χ3n) is 2.13. The van der Waals surface area contributed by atoms with Crippen LogP contribution in [-0.2, 0) is 4.79 Å². The van der Waals surface area contributed by atoms with Crippen molar-refractivity contribution >= 4 is 29.5 Å². The van der Waals surface area contributed by atoms with Crippen molar-refractivity contribution in [3.05, 3.63) is 30.3 Å². The molecule has 3 nitrogen and oxygen atoms in total. The Morgan fingerprint density at radius 2 is 1.94 bits per heavy atom. The van der Waals surface area contributed by atoms with Gasteiger partial charge < -0.3 is 10.8 Å². The second-order valence-corrected chi connectivity index (χ2v) is 5.90. The number of thioether (sulfide) groups is 2. The molecule has 0 radical (unpaired) electrons. The number of rotatable bonds is 8. The number of carboxylic acids is 1. The van der Waals surface area contributed by atoms with Crippen molar-refractivity contribution in [2.24, 2.45) is 5.73 Å². The van der Waals surface area contributed by atoms with Gasteiger partial charge in [0.15, 0.2) is 0 Å². The van der Waals surface area contributed by atoms with Crippen LogP contribution in [-0.4, -0.2) is 34.4 Å². The number of hydrogen-bond donors (Lipinski definition) is 2. The summed E-state index contributed by atoms with van der Waals surface area (Å²) in [6, 6.07) is 9.53. The van der Waals surface area contributed by atoms with E-state index >= 15 is 0 Å². The van der Waals surface area contributed by atoms with Crippen molar-refractivity contribution in [2.45, 2.75) is 17.4 Å². The van der Waals surface area contributed by atoms with E-state index in [0.29, 0.717) is 6.42 Å². The zero-order chi connectivity index (χ0) is 12.5. The van der Waals surface area contributed by atoms with Crippen LogP contribution in [0, 0.1) is 0 Å². The van der Waals surface area contributed by atoms with Gasteiger partial charge in [-0.1, -0.05) is 18.2 Å². The van der Waals surface area contributed by atoms with Crippen LogP contribution < -0.4 is 5.73 Å². The Morgan fingerprint density at radius 3 is 2.59 bits per heavy atom. The minimum absolute atomic E-state index is 0.538. The Morgan fingerprint density at radius 1 is 1.24 bits per heavy atom. The first-order chi connectivity index (χ1) is 8.20. The van der Waals surface area contributed by atoms with Crippen LogP contribution in [0.15, 0.2) is 35.2 Å². The van der Waals surface area contributed by atoms with Crippen LogP contribution in [0.4, 0.5) is 0 Å². The monoisotopic (exact) mass is 271 g/mol. The molecule has 5 heteroatoms. The fraction of sp³-hybridized carbons (Fsp3) is 0.417. The summed E-state index contributed by atoms with van der Waals surface area (Å²) in [6.45, 7) is 0. The molecule has 1 aromatic rings. The van der Waals surface area contributed by atoms with E-state index in [0.717, 1.165) is 17.3 Å². The van der Waals surface area contributed by atoms with E-state index in [4.69, 9.17) is 10.8 Å². The molecule has 0 spiro atoms. The lowest BCUT2D eigenvalue weighted by atomic mass is 10.2. The lowest BCUT2D eigenvalue weighted by Crippen LogP contribution is -2.30. The normalized spacial score (nSPS) is 12.3. The molecule has 17 heavy (non-hydrogen) atoms. The molecule has 0 amide bonds. The fourth-order valence-corrected chi connectivity index (χ4v) is 3.19. The van der Waals surface area contributed by atoms with Gasteiger partial charge in [0.1, 0.15) is 6.04 Å². The van der Waals surface area contributed by atoms with Crippen molar-refractivity contribution < 1.29 is 9.90 Å². The molecule has 1 rings (SSSR count). The minimum atomic E-state index is -0.913. The van der Waals surface area contributed by atoms with Gasteiger partial charge in [0.2, 0.25) is 0 Å². The number of benzene rings is 1. The first-order valence-electron chi connectivity index (χ1n) is 5.44. The molecule has 1 aromatic carbocycles. The second kappa shape index (κ2) is 8.44. The van der Waals surface area contributed by atoms with Gasteiger partial charge in [-0.2, -0.15) is 11.8 Å². The van der Waals surface area contributed by atoms with Gasteiger partial charge in [-0.15, -0.1) is 11.8 Å². The van der Waals surface area contributed by atoms with E-state index in [1.165, 1.54) is 4.90 Å². The zero-order valence-electron chi connectivity index (χ0n) is 9.54. The summed E-state index contributed by atoms with van der Waals surface area (Å²) in [6.07, 6.45) is 0.538. The second-order valence-electron chi connectivity index (χ2n) is 3.51. The van der Waals surface area contributed by atoms with Crippen LogP contribution in [0.5, 0.6) is 0 Å². The summed E-state index contributed by atoms with van der Waals surface area (Å²) < 4.78 is 0. The highest BCUT2D eigenvalue weighted by Crippen LogP contribution is 2.18. The largest absolute Gasteiger partial charge is 0.480 e. The zero-order valence-corrected chi connectivity index (χ0v) is 11.2. The first-order valence-corrected chi connectivity index (χ1v) is 7.58. The quantitative estimate of drug-likeness (QED) is 0.561. The maximum Gasteiger partial charge on any atom is 0.320 e. The van der Waals surface area contributed by atoms with E-state index in [-0.39, 0.29) is 0 Å². The van der Waals surface area contributed by atoms with Crippen LogP contribution in [0.1, 0.15) is 6.42 Å². The summed E-state index contributed by atoms with van der Waals surface area (Å²) >= 11 is 3.57. The van der Waals surface area contributed by atoms with Gasteiger partial charge in [-0.25, -0.2) is 0 Å². The van der Waals surface area contributed by atoms with Crippen LogP contribution in [0.3, 0.4) is 0 Å². The van der Waals surface area contributed by atoms with Gasteiger partial charge in [0, 0.05) is 16.4 Å².